The SMILES string of the molecule is CCCC(Oc1cc(C)ccc1F)C(=O)NN. The molecule has 5 heteroatoms. The lowest BCUT2D eigenvalue weighted by atomic mass is 10.2. The van der Waals surface area contributed by atoms with Crippen molar-refractivity contribution in [1.29, 1.82) is 0 Å². The Hall–Kier alpha value is -1.62. The molecule has 0 heterocycles. The van der Waals surface area contributed by atoms with Gasteiger partial charge in [0.25, 0.3) is 5.91 Å². The van der Waals surface area contributed by atoms with Crippen LogP contribution in [0, 0.1) is 12.7 Å². The molecule has 94 valence electrons. The zero-order chi connectivity index (χ0) is 12.8. The molecule has 0 spiro atoms. The van der Waals surface area contributed by atoms with Gasteiger partial charge < -0.3 is 4.74 Å². The fraction of sp³-hybridized carbons (Fsp3) is 0.417. The number of hydrogen-bond donors (Lipinski definition) is 2. The van der Waals surface area contributed by atoms with Crippen molar-refractivity contribution in [3.05, 3.63) is 29.6 Å². The van der Waals surface area contributed by atoms with E-state index in [0.717, 1.165) is 12.0 Å². The number of halogens is 1. The second-order valence-electron chi connectivity index (χ2n) is 3.84. The van der Waals surface area contributed by atoms with Crippen LogP contribution >= 0.6 is 0 Å². The molecule has 0 saturated heterocycles. The summed E-state index contributed by atoms with van der Waals surface area (Å²) < 4.78 is 18.8. The zero-order valence-corrected chi connectivity index (χ0v) is 10.00. The predicted molar refractivity (Wildman–Crippen MR) is 62.8 cm³/mol. The molecule has 1 rings (SSSR count). The first-order valence-corrected chi connectivity index (χ1v) is 5.51. The monoisotopic (exact) mass is 240 g/mol. The number of hydrogen-bond acceptors (Lipinski definition) is 3. The molecule has 0 bridgehead atoms. The third-order valence-electron chi connectivity index (χ3n) is 2.34. The molecular formula is C12H17FN2O2. The molecule has 3 N–H and O–H groups in total. The molecule has 1 amide bonds. The van der Waals surface area contributed by atoms with Crippen molar-refractivity contribution in [2.45, 2.75) is 32.8 Å². The summed E-state index contributed by atoms with van der Waals surface area (Å²) >= 11 is 0. The van der Waals surface area contributed by atoms with Crippen LogP contribution in [-0.4, -0.2) is 12.0 Å². The highest BCUT2D eigenvalue weighted by Gasteiger charge is 2.19. The van der Waals surface area contributed by atoms with Crippen LogP contribution in [0.4, 0.5) is 4.39 Å². The number of carbonyl (C=O) groups excluding carboxylic acids is 1. The normalized spacial score (nSPS) is 12.0. The maximum absolute atomic E-state index is 13.4. The lowest BCUT2D eigenvalue weighted by Crippen LogP contribution is -2.42. The van der Waals surface area contributed by atoms with Crippen molar-refractivity contribution >= 4 is 5.91 Å². The molecule has 1 atom stereocenters. The summed E-state index contributed by atoms with van der Waals surface area (Å²) in [5, 5.41) is 0. The van der Waals surface area contributed by atoms with Gasteiger partial charge in [0, 0.05) is 0 Å². The van der Waals surface area contributed by atoms with Gasteiger partial charge in [-0.05, 0) is 31.0 Å². The summed E-state index contributed by atoms with van der Waals surface area (Å²) in [5.41, 5.74) is 2.88. The fourth-order valence-corrected chi connectivity index (χ4v) is 1.45. The van der Waals surface area contributed by atoms with Crippen LogP contribution in [0.2, 0.25) is 0 Å². The summed E-state index contributed by atoms with van der Waals surface area (Å²) in [5.74, 6) is 4.19. The molecule has 0 aliphatic carbocycles. The van der Waals surface area contributed by atoms with Crippen molar-refractivity contribution in [2.75, 3.05) is 0 Å². The van der Waals surface area contributed by atoms with Gasteiger partial charge >= 0.3 is 0 Å². The van der Waals surface area contributed by atoms with Gasteiger partial charge in [0.1, 0.15) is 0 Å². The quantitative estimate of drug-likeness (QED) is 0.467. The van der Waals surface area contributed by atoms with Crippen molar-refractivity contribution in [1.82, 2.24) is 5.43 Å². The Morgan fingerprint density at radius 2 is 2.29 bits per heavy atom. The third-order valence-corrected chi connectivity index (χ3v) is 2.34. The van der Waals surface area contributed by atoms with Crippen molar-refractivity contribution in [3.8, 4) is 5.75 Å². The molecule has 1 aromatic rings. The summed E-state index contributed by atoms with van der Waals surface area (Å²) in [6.45, 7) is 3.73. The second kappa shape index (κ2) is 6.20. The summed E-state index contributed by atoms with van der Waals surface area (Å²) in [7, 11) is 0. The number of amides is 1. The molecule has 0 aliphatic rings. The number of benzene rings is 1. The van der Waals surface area contributed by atoms with E-state index in [2.05, 4.69) is 0 Å². The van der Waals surface area contributed by atoms with E-state index in [1.54, 1.807) is 12.1 Å². The predicted octanol–water partition coefficient (Wildman–Crippen LogP) is 1.67. The Morgan fingerprint density at radius 3 is 2.88 bits per heavy atom. The number of ether oxygens (including phenoxy) is 1. The summed E-state index contributed by atoms with van der Waals surface area (Å²) in [6.07, 6.45) is 0.461. The number of nitrogens with one attached hydrogen (secondary N) is 1. The number of carbonyl (C=O) groups is 1. The first-order valence-electron chi connectivity index (χ1n) is 5.51. The molecule has 0 radical (unpaired) electrons. The molecule has 4 nitrogen and oxygen atoms in total. The van der Waals surface area contributed by atoms with E-state index in [-0.39, 0.29) is 5.75 Å². The van der Waals surface area contributed by atoms with Gasteiger partial charge in [-0.1, -0.05) is 19.4 Å². The van der Waals surface area contributed by atoms with Crippen molar-refractivity contribution in [2.24, 2.45) is 5.84 Å². The lowest BCUT2D eigenvalue weighted by molar-refractivity contribution is -0.128. The second-order valence-corrected chi connectivity index (χ2v) is 3.84. The van der Waals surface area contributed by atoms with E-state index in [9.17, 15) is 9.18 Å². The van der Waals surface area contributed by atoms with E-state index in [1.165, 1.54) is 6.07 Å². The van der Waals surface area contributed by atoms with Crippen LogP contribution in [0.3, 0.4) is 0 Å². The molecule has 0 fully saturated rings. The molecule has 0 saturated carbocycles. The van der Waals surface area contributed by atoms with Gasteiger partial charge in [-0.25, -0.2) is 10.2 Å². The maximum Gasteiger partial charge on any atom is 0.274 e. The highest BCUT2D eigenvalue weighted by Crippen LogP contribution is 2.20. The van der Waals surface area contributed by atoms with Gasteiger partial charge in [-0.3, -0.25) is 10.2 Å². The first kappa shape index (κ1) is 13.4. The smallest absolute Gasteiger partial charge is 0.274 e. The van der Waals surface area contributed by atoms with Gasteiger partial charge in [-0.2, -0.15) is 0 Å². The van der Waals surface area contributed by atoms with Crippen LogP contribution in [0.1, 0.15) is 25.3 Å². The van der Waals surface area contributed by atoms with E-state index < -0.39 is 17.8 Å². The topological polar surface area (TPSA) is 64.3 Å². The van der Waals surface area contributed by atoms with E-state index in [4.69, 9.17) is 10.6 Å². The van der Waals surface area contributed by atoms with Crippen LogP contribution in [-0.2, 0) is 4.79 Å². The van der Waals surface area contributed by atoms with Crippen LogP contribution in [0.5, 0.6) is 5.75 Å². The average molecular weight is 240 g/mol. The van der Waals surface area contributed by atoms with Crippen LogP contribution in [0.25, 0.3) is 0 Å². The van der Waals surface area contributed by atoms with E-state index in [0.29, 0.717) is 6.42 Å². The standard InChI is InChI=1S/C12H17FN2O2/c1-3-4-10(12(16)15-14)17-11-7-8(2)5-6-9(11)13/h5-7,10H,3-4,14H2,1-2H3,(H,15,16). The Balaban J connectivity index is 2.85. The Morgan fingerprint density at radius 1 is 1.59 bits per heavy atom. The molecule has 1 aromatic carbocycles. The summed E-state index contributed by atoms with van der Waals surface area (Å²) in [4.78, 5) is 11.4. The molecule has 1 unspecified atom stereocenters. The molecule has 17 heavy (non-hydrogen) atoms. The van der Waals surface area contributed by atoms with Gasteiger partial charge in [-0.15, -0.1) is 0 Å². The van der Waals surface area contributed by atoms with E-state index >= 15 is 0 Å². The first-order chi connectivity index (χ1) is 8.08. The lowest BCUT2D eigenvalue weighted by Gasteiger charge is -2.17. The molecule has 0 aromatic heterocycles. The minimum absolute atomic E-state index is 0.0760. The van der Waals surface area contributed by atoms with Gasteiger partial charge in [0.2, 0.25) is 0 Å². The molecule has 0 aliphatic heterocycles. The Bertz CT molecular complexity index is 396. The van der Waals surface area contributed by atoms with Crippen LogP contribution < -0.4 is 16.0 Å². The van der Waals surface area contributed by atoms with Crippen molar-refractivity contribution in [3.63, 3.8) is 0 Å². The number of hydrazine groups is 1. The minimum atomic E-state index is -0.763. The Labute approximate surface area is 99.9 Å². The minimum Gasteiger partial charge on any atom is -0.477 e. The largest absolute Gasteiger partial charge is 0.477 e. The average Bonchev–Trinajstić information content (AvgIpc) is 2.32. The van der Waals surface area contributed by atoms with E-state index in [1.807, 2.05) is 19.3 Å². The highest BCUT2D eigenvalue weighted by molar-refractivity contribution is 5.80. The van der Waals surface area contributed by atoms with Gasteiger partial charge in [0.15, 0.2) is 17.7 Å². The maximum atomic E-state index is 13.4. The Kier molecular flexibility index (Phi) is 4.90. The summed E-state index contributed by atoms with van der Waals surface area (Å²) in [6, 6.07) is 4.51. The van der Waals surface area contributed by atoms with Gasteiger partial charge in [0.05, 0.1) is 0 Å². The third kappa shape index (κ3) is 3.71. The number of nitrogens with two attached hydrogens (primary N) is 1. The van der Waals surface area contributed by atoms with Crippen LogP contribution in [0.15, 0.2) is 18.2 Å². The molecular weight excluding hydrogens is 223 g/mol. The number of aryl methyl sites for hydroxylation is 1. The number of rotatable bonds is 5. The van der Waals surface area contributed by atoms with Crippen molar-refractivity contribution < 1.29 is 13.9 Å². The zero-order valence-electron chi connectivity index (χ0n) is 10.00. The highest BCUT2D eigenvalue weighted by atomic mass is 19.1. The fourth-order valence-electron chi connectivity index (χ4n) is 1.45.